The Bertz CT molecular complexity index is 1080. The number of nitrogens with zero attached hydrogens (tertiary/aromatic N) is 1. The van der Waals surface area contributed by atoms with E-state index in [0.717, 1.165) is 10.5 Å². The zero-order chi connectivity index (χ0) is 20.9. The fourth-order valence-electron chi connectivity index (χ4n) is 2.85. The van der Waals surface area contributed by atoms with Crippen molar-refractivity contribution < 1.29 is 13.2 Å². The smallest absolute Gasteiger partial charge is 0.256 e. The molecule has 0 bridgehead atoms. The second-order valence-electron chi connectivity index (χ2n) is 6.43. The van der Waals surface area contributed by atoms with E-state index in [9.17, 15) is 13.2 Å². The van der Waals surface area contributed by atoms with Gasteiger partial charge in [0, 0.05) is 24.2 Å². The Morgan fingerprint density at radius 3 is 2.21 bits per heavy atom. The van der Waals surface area contributed by atoms with Gasteiger partial charge in [0.15, 0.2) is 0 Å². The van der Waals surface area contributed by atoms with Crippen LogP contribution >= 0.6 is 11.8 Å². The summed E-state index contributed by atoms with van der Waals surface area (Å²) in [4.78, 5) is 13.6. The first-order chi connectivity index (χ1) is 13.9. The van der Waals surface area contributed by atoms with Crippen LogP contribution in [0.1, 0.15) is 15.9 Å². The maximum absolute atomic E-state index is 12.8. The van der Waals surface area contributed by atoms with Crippen molar-refractivity contribution in [2.24, 2.45) is 0 Å². The molecule has 0 spiro atoms. The Labute approximate surface area is 175 Å². The van der Waals surface area contributed by atoms with Gasteiger partial charge in [-0.2, -0.15) is 4.31 Å². The van der Waals surface area contributed by atoms with E-state index >= 15 is 0 Å². The number of carbonyl (C=O) groups excluding carboxylic acids is 1. The lowest BCUT2D eigenvalue weighted by atomic mass is 10.2. The van der Waals surface area contributed by atoms with E-state index < -0.39 is 10.0 Å². The maximum atomic E-state index is 12.8. The first kappa shape index (κ1) is 21.1. The zero-order valence-electron chi connectivity index (χ0n) is 16.2. The van der Waals surface area contributed by atoms with Crippen molar-refractivity contribution in [3.05, 3.63) is 90.0 Å². The molecule has 0 aliphatic rings. The topological polar surface area (TPSA) is 66.5 Å². The largest absolute Gasteiger partial charge is 0.322 e. The Morgan fingerprint density at radius 2 is 1.55 bits per heavy atom. The first-order valence-corrected chi connectivity index (χ1v) is 11.6. The molecule has 1 amide bonds. The fourth-order valence-corrected chi connectivity index (χ4v) is 4.60. The molecule has 0 heterocycles. The van der Waals surface area contributed by atoms with Crippen molar-refractivity contribution in [2.45, 2.75) is 16.3 Å². The van der Waals surface area contributed by atoms with Gasteiger partial charge in [0.2, 0.25) is 10.0 Å². The van der Waals surface area contributed by atoms with Crippen LogP contribution in [0.5, 0.6) is 0 Å². The molecule has 0 fully saturated rings. The van der Waals surface area contributed by atoms with Gasteiger partial charge in [-0.25, -0.2) is 8.42 Å². The van der Waals surface area contributed by atoms with Crippen LogP contribution < -0.4 is 5.32 Å². The van der Waals surface area contributed by atoms with Crippen LogP contribution in [0.25, 0.3) is 0 Å². The lowest BCUT2D eigenvalue weighted by Gasteiger charge is -2.17. The normalized spacial score (nSPS) is 11.4. The van der Waals surface area contributed by atoms with Crippen molar-refractivity contribution in [3.63, 3.8) is 0 Å². The average molecular weight is 427 g/mol. The van der Waals surface area contributed by atoms with E-state index in [0.29, 0.717) is 11.3 Å². The van der Waals surface area contributed by atoms with Crippen molar-refractivity contribution >= 4 is 33.4 Å². The van der Waals surface area contributed by atoms with Gasteiger partial charge in [0.05, 0.1) is 10.5 Å². The number of sulfonamides is 1. The van der Waals surface area contributed by atoms with Crippen LogP contribution in [0, 0.1) is 0 Å². The van der Waals surface area contributed by atoms with E-state index in [-0.39, 0.29) is 17.3 Å². The van der Waals surface area contributed by atoms with E-state index in [4.69, 9.17) is 0 Å². The number of benzene rings is 3. The molecule has 7 heteroatoms. The highest BCUT2D eigenvalue weighted by Gasteiger charge is 2.21. The van der Waals surface area contributed by atoms with E-state index in [1.165, 1.54) is 28.2 Å². The zero-order valence-corrected chi connectivity index (χ0v) is 17.8. The molecule has 0 aliphatic heterocycles. The predicted molar refractivity (Wildman–Crippen MR) is 118 cm³/mol. The van der Waals surface area contributed by atoms with Crippen LogP contribution in [0.15, 0.2) is 88.7 Å². The summed E-state index contributed by atoms with van der Waals surface area (Å²) >= 11 is 1.50. The summed E-state index contributed by atoms with van der Waals surface area (Å²) in [6, 6.07) is 23.0. The minimum Gasteiger partial charge on any atom is -0.322 e. The highest BCUT2D eigenvalue weighted by Crippen LogP contribution is 2.23. The van der Waals surface area contributed by atoms with Gasteiger partial charge in [-0.1, -0.05) is 42.5 Å². The molecule has 150 valence electrons. The third-order valence-corrected chi connectivity index (χ3v) is 7.03. The summed E-state index contributed by atoms with van der Waals surface area (Å²) in [5.74, 6) is -0.230. The standard InChI is InChI=1S/C22H22N2O3S2/c1-24(16-17-8-4-3-5-9-17)29(26,27)19-14-12-18(13-15-19)23-22(25)20-10-6-7-11-21(20)28-2/h3-15H,16H2,1-2H3,(H,23,25). The summed E-state index contributed by atoms with van der Waals surface area (Å²) in [6.07, 6.45) is 1.91. The van der Waals surface area contributed by atoms with Crippen LogP contribution in [0.4, 0.5) is 5.69 Å². The Balaban J connectivity index is 1.73. The third kappa shape index (κ3) is 5.06. The van der Waals surface area contributed by atoms with Crippen molar-refractivity contribution in [1.29, 1.82) is 0 Å². The quantitative estimate of drug-likeness (QED) is 0.566. The molecule has 0 radical (unpaired) electrons. The summed E-state index contributed by atoms with van der Waals surface area (Å²) in [6.45, 7) is 0.285. The van der Waals surface area contributed by atoms with E-state index in [1.807, 2.05) is 54.8 Å². The van der Waals surface area contributed by atoms with Gasteiger partial charge < -0.3 is 5.32 Å². The number of anilines is 1. The van der Waals surface area contributed by atoms with Crippen LogP contribution in [0.3, 0.4) is 0 Å². The highest BCUT2D eigenvalue weighted by atomic mass is 32.2. The second-order valence-corrected chi connectivity index (χ2v) is 9.32. The molecule has 0 saturated heterocycles. The number of carbonyl (C=O) groups is 1. The molecule has 0 saturated carbocycles. The fraction of sp³-hybridized carbons (Fsp3) is 0.136. The summed E-state index contributed by atoms with van der Waals surface area (Å²) < 4.78 is 26.9. The monoisotopic (exact) mass is 426 g/mol. The molecule has 0 unspecified atom stereocenters. The molecule has 3 aromatic rings. The number of amides is 1. The number of hydrogen-bond acceptors (Lipinski definition) is 4. The van der Waals surface area contributed by atoms with Crippen molar-refractivity contribution in [2.75, 3.05) is 18.6 Å². The number of thioether (sulfide) groups is 1. The predicted octanol–water partition coefficient (Wildman–Crippen LogP) is 4.48. The maximum Gasteiger partial charge on any atom is 0.256 e. The molecule has 0 aromatic heterocycles. The molecular weight excluding hydrogens is 404 g/mol. The molecule has 0 atom stereocenters. The van der Waals surface area contributed by atoms with Gasteiger partial charge in [-0.15, -0.1) is 11.8 Å². The average Bonchev–Trinajstić information content (AvgIpc) is 2.74. The van der Waals surface area contributed by atoms with E-state index in [2.05, 4.69) is 5.32 Å². The SMILES string of the molecule is CSc1ccccc1C(=O)Nc1ccc(S(=O)(=O)N(C)Cc2ccccc2)cc1. The number of nitrogens with one attached hydrogen (secondary N) is 1. The summed E-state index contributed by atoms with van der Waals surface area (Å²) in [5, 5.41) is 2.82. The van der Waals surface area contributed by atoms with Gasteiger partial charge >= 0.3 is 0 Å². The Morgan fingerprint density at radius 1 is 0.931 bits per heavy atom. The lowest BCUT2D eigenvalue weighted by Crippen LogP contribution is -2.26. The van der Waals surface area contributed by atoms with Crippen LogP contribution in [0.2, 0.25) is 0 Å². The van der Waals surface area contributed by atoms with Crippen molar-refractivity contribution in [3.8, 4) is 0 Å². The van der Waals surface area contributed by atoms with Crippen LogP contribution in [-0.4, -0.2) is 31.9 Å². The van der Waals surface area contributed by atoms with Crippen LogP contribution in [-0.2, 0) is 16.6 Å². The Kier molecular flexibility index (Phi) is 6.74. The molecule has 1 N–H and O–H groups in total. The van der Waals surface area contributed by atoms with Gasteiger partial charge in [0.25, 0.3) is 5.91 Å². The Hall–Kier alpha value is -2.61. The third-order valence-electron chi connectivity index (χ3n) is 4.42. The molecule has 3 rings (SSSR count). The second kappa shape index (κ2) is 9.26. The first-order valence-electron chi connectivity index (χ1n) is 8.96. The molecule has 29 heavy (non-hydrogen) atoms. The van der Waals surface area contributed by atoms with Crippen molar-refractivity contribution in [1.82, 2.24) is 4.31 Å². The molecule has 3 aromatic carbocycles. The molecule has 0 aliphatic carbocycles. The summed E-state index contributed by atoms with van der Waals surface area (Å²) in [7, 11) is -2.07. The number of rotatable bonds is 7. The molecule has 5 nitrogen and oxygen atoms in total. The minimum atomic E-state index is -3.63. The number of hydrogen-bond donors (Lipinski definition) is 1. The van der Waals surface area contributed by atoms with Gasteiger partial charge in [0.1, 0.15) is 0 Å². The lowest BCUT2D eigenvalue weighted by molar-refractivity contribution is 0.102. The summed E-state index contributed by atoms with van der Waals surface area (Å²) in [5.41, 5.74) is 2.03. The van der Waals surface area contributed by atoms with Gasteiger partial charge in [-0.3, -0.25) is 4.79 Å². The minimum absolute atomic E-state index is 0.179. The van der Waals surface area contributed by atoms with Gasteiger partial charge in [-0.05, 0) is 48.2 Å². The van der Waals surface area contributed by atoms with E-state index in [1.54, 1.807) is 25.2 Å². The molecular formula is C22H22N2O3S2. The highest BCUT2D eigenvalue weighted by molar-refractivity contribution is 7.98.